The van der Waals surface area contributed by atoms with Crippen LogP contribution in [-0.2, 0) is 0 Å². The quantitative estimate of drug-likeness (QED) is 0.666. The lowest BCUT2D eigenvalue weighted by Gasteiger charge is -2.09. The van der Waals surface area contributed by atoms with Crippen molar-refractivity contribution >= 4 is 62.3 Å². The molecule has 24 heavy (non-hydrogen) atoms. The molecule has 122 valence electrons. The molecule has 0 aliphatic rings. The van der Waals surface area contributed by atoms with Crippen LogP contribution in [0.3, 0.4) is 0 Å². The molecule has 9 heteroatoms. The van der Waals surface area contributed by atoms with Crippen molar-refractivity contribution < 1.29 is 9.59 Å². The van der Waals surface area contributed by atoms with Crippen LogP contribution in [0.25, 0.3) is 5.65 Å². The lowest BCUT2D eigenvalue weighted by molar-refractivity contribution is 0.0993. The maximum absolute atomic E-state index is 12.5. The fraction of sp³-hybridized carbons (Fsp3) is 0. The minimum atomic E-state index is -0.683. The Bertz CT molecular complexity index is 967. The van der Waals surface area contributed by atoms with E-state index in [0.717, 1.165) is 0 Å². The predicted octanol–water partition coefficient (Wildman–Crippen LogP) is 3.75. The van der Waals surface area contributed by atoms with Gasteiger partial charge in [-0.2, -0.15) is 0 Å². The first-order valence-electron chi connectivity index (χ1n) is 6.62. The van der Waals surface area contributed by atoms with E-state index in [1.807, 2.05) is 0 Å². The summed E-state index contributed by atoms with van der Waals surface area (Å²) in [5, 5.41) is 3.16. The number of pyridine rings is 1. The zero-order valence-corrected chi connectivity index (χ0v) is 15.0. The van der Waals surface area contributed by atoms with Crippen LogP contribution in [0.1, 0.15) is 20.8 Å². The molecule has 3 N–H and O–H groups in total. The number of hydrogen-bond donors (Lipinski definition) is 2. The number of fused-ring (bicyclic) bond motifs is 1. The third-order valence-electron chi connectivity index (χ3n) is 3.26. The molecule has 3 aromatic rings. The topological polar surface area (TPSA) is 89.5 Å². The molecule has 0 saturated carbocycles. The van der Waals surface area contributed by atoms with Crippen LogP contribution in [0.4, 0.5) is 5.69 Å². The number of rotatable bonds is 3. The number of anilines is 1. The third kappa shape index (κ3) is 2.86. The number of nitrogens with zero attached hydrogens (tertiary/aromatic N) is 2. The Hall–Kier alpha value is -2.09. The van der Waals surface area contributed by atoms with Crippen LogP contribution in [0.2, 0.25) is 10.0 Å². The largest absolute Gasteiger partial charge is 0.364 e. The highest BCUT2D eigenvalue weighted by Crippen LogP contribution is 2.27. The molecule has 1 aromatic carbocycles. The number of carbonyl (C=O) groups excluding carboxylic acids is 2. The number of hydrogen-bond acceptors (Lipinski definition) is 3. The van der Waals surface area contributed by atoms with Gasteiger partial charge in [0.2, 0.25) is 0 Å². The molecule has 2 aromatic heterocycles. The summed E-state index contributed by atoms with van der Waals surface area (Å²) < 4.78 is 1.99. The van der Waals surface area contributed by atoms with E-state index in [9.17, 15) is 9.59 Å². The molecular weight excluding hydrogens is 419 g/mol. The van der Waals surface area contributed by atoms with Gasteiger partial charge in [0.05, 0.1) is 21.3 Å². The van der Waals surface area contributed by atoms with Gasteiger partial charge in [0, 0.05) is 6.20 Å². The van der Waals surface area contributed by atoms with Gasteiger partial charge in [-0.05, 0) is 40.2 Å². The summed E-state index contributed by atoms with van der Waals surface area (Å²) in [6, 6.07) is 8.11. The second-order valence-electron chi connectivity index (χ2n) is 4.78. The number of carbonyl (C=O) groups is 2. The second kappa shape index (κ2) is 6.43. The molecule has 0 aliphatic carbocycles. The van der Waals surface area contributed by atoms with Crippen molar-refractivity contribution in [1.29, 1.82) is 0 Å². The van der Waals surface area contributed by atoms with Crippen LogP contribution in [0.5, 0.6) is 0 Å². The van der Waals surface area contributed by atoms with E-state index in [0.29, 0.717) is 15.9 Å². The van der Waals surface area contributed by atoms with Crippen LogP contribution in [0, 0.1) is 0 Å². The number of primary amides is 1. The summed E-state index contributed by atoms with van der Waals surface area (Å²) in [6.07, 6.45) is 1.68. The molecule has 0 radical (unpaired) electrons. The predicted molar refractivity (Wildman–Crippen MR) is 95.8 cm³/mol. The molecule has 0 aliphatic heterocycles. The van der Waals surface area contributed by atoms with Crippen molar-refractivity contribution in [3.8, 4) is 0 Å². The minimum absolute atomic E-state index is 0.0625. The smallest absolute Gasteiger partial charge is 0.270 e. The molecule has 6 nitrogen and oxygen atoms in total. The molecule has 0 unspecified atom stereocenters. The van der Waals surface area contributed by atoms with Crippen LogP contribution in [0.15, 0.2) is 41.1 Å². The standard InChI is InChI=1S/C15H9BrCl2N4O2/c16-12-11(13(19)23)21-14-9(5-2-6-22(12)14)20-15(24)10-7(17)3-1-4-8(10)18/h1-6H,(H2,19,23)(H,20,24). The van der Waals surface area contributed by atoms with E-state index in [2.05, 4.69) is 26.2 Å². The first kappa shape index (κ1) is 16.8. The molecule has 2 heterocycles. The summed E-state index contributed by atoms with van der Waals surface area (Å²) in [5.74, 6) is -1.17. The van der Waals surface area contributed by atoms with Crippen LogP contribution in [-0.4, -0.2) is 21.2 Å². The van der Waals surface area contributed by atoms with Gasteiger partial charge in [0.15, 0.2) is 11.3 Å². The van der Waals surface area contributed by atoms with Gasteiger partial charge in [-0.1, -0.05) is 29.3 Å². The molecular formula is C15H9BrCl2N4O2. The molecule has 0 atom stereocenters. The van der Waals surface area contributed by atoms with E-state index in [1.54, 1.807) is 40.9 Å². The number of imidazole rings is 1. The van der Waals surface area contributed by atoms with E-state index >= 15 is 0 Å². The lowest BCUT2D eigenvalue weighted by atomic mass is 10.2. The fourth-order valence-electron chi connectivity index (χ4n) is 2.19. The molecule has 3 rings (SSSR count). The third-order valence-corrected chi connectivity index (χ3v) is 4.65. The van der Waals surface area contributed by atoms with Gasteiger partial charge in [-0.25, -0.2) is 4.98 Å². The van der Waals surface area contributed by atoms with E-state index in [4.69, 9.17) is 28.9 Å². The summed E-state index contributed by atoms with van der Waals surface area (Å²) >= 11 is 15.4. The SMILES string of the molecule is NC(=O)c1nc2c(NC(=O)c3c(Cl)cccc3Cl)cccn2c1Br. The Morgan fingerprint density at radius 3 is 2.46 bits per heavy atom. The highest BCUT2D eigenvalue weighted by atomic mass is 79.9. The number of halogens is 3. The fourth-order valence-corrected chi connectivity index (χ4v) is 3.33. The van der Waals surface area contributed by atoms with Gasteiger partial charge in [-0.15, -0.1) is 0 Å². The zero-order chi connectivity index (χ0) is 17.4. The Balaban J connectivity index is 2.06. The lowest BCUT2D eigenvalue weighted by Crippen LogP contribution is -2.14. The van der Waals surface area contributed by atoms with Crippen molar-refractivity contribution in [2.75, 3.05) is 5.32 Å². The first-order valence-corrected chi connectivity index (χ1v) is 8.16. The number of benzene rings is 1. The second-order valence-corrected chi connectivity index (χ2v) is 6.35. The van der Waals surface area contributed by atoms with E-state index in [-0.39, 0.29) is 21.3 Å². The van der Waals surface area contributed by atoms with Crippen molar-refractivity contribution in [2.45, 2.75) is 0 Å². The maximum Gasteiger partial charge on any atom is 0.270 e. The zero-order valence-electron chi connectivity index (χ0n) is 11.9. The Labute approximate surface area is 154 Å². The molecule has 0 saturated heterocycles. The summed E-state index contributed by atoms with van der Waals surface area (Å²) in [7, 11) is 0. The maximum atomic E-state index is 12.5. The first-order chi connectivity index (χ1) is 11.4. The van der Waals surface area contributed by atoms with Crippen molar-refractivity contribution in [1.82, 2.24) is 9.38 Å². The average Bonchev–Trinajstić information content (AvgIpc) is 2.86. The Kier molecular flexibility index (Phi) is 4.49. The van der Waals surface area contributed by atoms with Gasteiger partial charge >= 0.3 is 0 Å². The number of aromatic nitrogens is 2. The van der Waals surface area contributed by atoms with E-state index in [1.165, 1.54) is 0 Å². The normalized spacial score (nSPS) is 10.8. The minimum Gasteiger partial charge on any atom is -0.364 e. The Morgan fingerprint density at radius 2 is 1.83 bits per heavy atom. The summed E-state index contributed by atoms with van der Waals surface area (Å²) in [6.45, 7) is 0. The van der Waals surface area contributed by atoms with Gasteiger partial charge in [0.25, 0.3) is 11.8 Å². The highest BCUT2D eigenvalue weighted by Gasteiger charge is 2.19. The van der Waals surface area contributed by atoms with Gasteiger partial charge < -0.3 is 11.1 Å². The monoisotopic (exact) mass is 426 g/mol. The number of nitrogens with two attached hydrogens (primary N) is 1. The molecule has 0 fully saturated rings. The molecule has 0 spiro atoms. The summed E-state index contributed by atoms with van der Waals surface area (Å²) in [4.78, 5) is 28.1. The van der Waals surface area contributed by atoms with Gasteiger partial charge in [-0.3, -0.25) is 14.0 Å². The van der Waals surface area contributed by atoms with E-state index < -0.39 is 11.8 Å². The Morgan fingerprint density at radius 1 is 1.17 bits per heavy atom. The van der Waals surface area contributed by atoms with Crippen molar-refractivity contribution in [2.24, 2.45) is 5.73 Å². The number of nitrogens with one attached hydrogen (secondary N) is 1. The average molecular weight is 428 g/mol. The molecule has 0 bridgehead atoms. The van der Waals surface area contributed by atoms with Crippen LogP contribution < -0.4 is 11.1 Å². The summed E-state index contributed by atoms with van der Waals surface area (Å²) in [5.41, 5.74) is 6.25. The van der Waals surface area contributed by atoms with Crippen LogP contribution >= 0.6 is 39.1 Å². The molecule has 2 amide bonds. The number of amides is 2. The van der Waals surface area contributed by atoms with Crippen molar-refractivity contribution in [3.05, 3.63) is 62.4 Å². The van der Waals surface area contributed by atoms with Crippen molar-refractivity contribution in [3.63, 3.8) is 0 Å². The highest BCUT2D eigenvalue weighted by molar-refractivity contribution is 9.10. The van der Waals surface area contributed by atoms with Gasteiger partial charge in [0.1, 0.15) is 4.60 Å².